The average Bonchev–Trinajstić information content (AvgIpc) is 2.40. The van der Waals surface area contributed by atoms with Crippen LogP contribution < -0.4 is 16.0 Å². The lowest BCUT2D eigenvalue weighted by Crippen LogP contribution is -2.60. The molecule has 102 valence electrons. The van der Waals surface area contributed by atoms with Crippen LogP contribution in [0, 0.1) is 5.41 Å². The highest BCUT2D eigenvalue weighted by Crippen LogP contribution is 2.33. The van der Waals surface area contributed by atoms with E-state index < -0.39 is 5.41 Å². The van der Waals surface area contributed by atoms with Crippen molar-refractivity contribution in [3.05, 3.63) is 24.3 Å². The fourth-order valence-corrected chi connectivity index (χ4v) is 2.43. The summed E-state index contributed by atoms with van der Waals surface area (Å²) >= 11 is 0. The van der Waals surface area contributed by atoms with Crippen molar-refractivity contribution in [3.8, 4) is 0 Å². The zero-order chi connectivity index (χ0) is 14.0. The van der Waals surface area contributed by atoms with Gasteiger partial charge in [-0.15, -0.1) is 0 Å². The Morgan fingerprint density at radius 3 is 2.58 bits per heavy atom. The molecule has 3 N–H and O–H groups in total. The summed E-state index contributed by atoms with van der Waals surface area (Å²) in [6, 6.07) is 6.43. The van der Waals surface area contributed by atoms with E-state index >= 15 is 0 Å². The zero-order valence-electron chi connectivity index (χ0n) is 11.3. The number of carbonyl (C=O) groups is 2. The van der Waals surface area contributed by atoms with Gasteiger partial charge in [0.15, 0.2) is 0 Å². The highest BCUT2D eigenvalue weighted by molar-refractivity contribution is 6.18. The van der Waals surface area contributed by atoms with Gasteiger partial charge in [0.2, 0.25) is 5.91 Å². The maximum atomic E-state index is 12.7. The lowest BCUT2D eigenvalue weighted by Gasteiger charge is -2.39. The van der Waals surface area contributed by atoms with E-state index in [9.17, 15) is 9.59 Å². The number of imide groups is 1. The van der Waals surface area contributed by atoms with E-state index in [-0.39, 0.29) is 11.9 Å². The Morgan fingerprint density at radius 1 is 1.32 bits per heavy atom. The second-order valence-electron chi connectivity index (χ2n) is 4.88. The Bertz CT molecular complexity index is 509. The molecule has 0 saturated carbocycles. The number of hydrogen-bond acceptors (Lipinski definition) is 3. The Morgan fingerprint density at radius 2 is 2.00 bits per heavy atom. The second-order valence-corrected chi connectivity index (χ2v) is 4.88. The summed E-state index contributed by atoms with van der Waals surface area (Å²) in [5, 5.41) is 2.80. The minimum Gasteiger partial charge on any atom is -0.399 e. The number of nitrogen functional groups attached to an aromatic ring is 1. The van der Waals surface area contributed by atoms with Crippen LogP contribution in [0.3, 0.4) is 0 Å². The van der Waals surface area contributed by atoms with E-state index in [1.165, 1.54) is 4.90 Å². The molecule has 3 amide bonds. The number of nitrogens with two attached hydrogens (primary N) is 1. The quantitative estimate of drug-likeness (QED) is 0.818. The molecule has 0 aromatic heterocycles. The minimum absolute atomic E-state index is 0.146. The summed E-state index contributed by atoms with van der Waals surface area (Å²) < 4.78 is 0. The molecular formula is C14H19N3O2. The SMILES string of the molecule is CCC1(CC)CNC(=O)N(c2cccc(N)c2)C1=O. The molecule has 5 heteroatoms. The number of urea groups is 1. The van der Waals surface area contributed by atoms with E-state index in [2.05, 4.69) is 5.32 Å². The molecule has 1 aromatic rings. The fourth-order valence-electron chi connectivity index (χ4n) is 2.43. The van der Waals surface area contributed by atoms with E-state index in [0.717, 1.165) is 0 Å². The molecule has 0 unspecified atom stereocenters. The molecule has 5 nitrogen and oxygen atoms in total. The minimum atomic E-state index is -0.515. The van der Waals surface area contributed by atoms with Crippen LogP contribution in [0.4, 0.5) is 16.2 Å². The molecule has 1 fully saturated rings. The van der Waals surface area contributed by atoms with Crippen molar-refractivity contribution in [2.24, 2.45) is 5.41 Å². The van der Waals surface area contributed by atoms with Crippen LogP contribution >= 0.6 is 0 Å². The average molecular weight is 261 g/mol. The first-order valence-electron chi connectivity index (χ1n) is 6.52. The molecule has 0 radical (unpaired) electrons. The lowest BCUT2D eigenvalue weighted by molar-refractivity contribution is -0.128. The van der Waals surface area contributed by atoms with Crippen molar-refractivity contribution < 1.29 is 9.59 Å². The van der Waals surface area contributed by atoms with Crippen molar-refractivity contribution in [2.75, 3.05) is 17.2 Å². The molecular weight excluding hydrogens is 242 g/mol. The van der Waals surface area contributed by atoms with Crippen molar-refractivity contribution in [1.29, 1.82) is 0 Å². The van der Waals surface area contributed by atoms with E-state index in [1.807, 2.05) is 13.8 Å². The third-order valence-electron chi connectivity index (χ3n) is 3.92. The first-order valence-corrected chi connectivity index (χ1v) is 6.52. The molecule has 0 spiro atoms. The van der Waals surface area contributed by atoms with Gasteiger partial charge in [-0.2, -0.15) is 0 Å². The Kier molecular flexibility index (Phi) is 3.46. The van der Waals surface area contributed by atoms with Gasteiger partial charge in [0, 0.05) is 12.2 Å². The monoisotopic (exact) mass is 261 g/mol. The van der Waals surface area contributed by atoms with Gasteiger partial charge < -0.3 is 11.1 Å². The van der Waals surface area contributed by atoms with Crippen LogP contribution in [-0.2, 0) is 4.79 Å². The molecule has 19 heavy (non-hydrogen) atoms. The van der Waals surface area contributed by atoms with Gasteiger partial charge in [-0.1, -0.05) is 19.9 Å². The predicted octanol–water partition coefficient (Wildman–Crippen LogP) is 2.13. The molecule has 0 bridgehead atoms. The molecule has 1 aliphatic rings. The second kappa shape index (κ2) is 4.91. The summed E-state index contributed by atoms with van der Waals surface area (Å²) in [7, 11) is 0. The van der Waals surface area contributed by atoms with E-state index in [0.29, 0.717) is 30.8 Å². The fraction of sp³-hybridized carbons (Fsp3) is 0.429. The normalized spacial score (nSPS) is 18.3. The largest absolute Gasteiger partial charge is 0.399 e. The van der Waals surface area contributed by atoms with Crippen LogP contribution in [0.15, 0.2) is 24.3 Å². The Labute approximate surface area is 112 Å². The predicted molar refractivity (Wildman–Crippen MR) is 74.8 cm³/mol. The maximum absolute atomic E-state index is 12.7. The van der Waals surface area contributed by atoms with E-state index in [4.69, 9.17) is 5.73 Å². The number of benzene rings is 1. The molecule has 0 aliphatic carbocycles. The number of rotatable bonds is 3. The Hall–Kier alpha value is -2.04. The van der Waals surface area contributed by atoms with Gasteiger partial charge in [0.1, 0.15) is 0 Å². The summed E-state index contributed by atoms with van der Waals surface area (Å²) in [5.41, 5.74) is 6.26. The number of nitrogens with one attached hydrogen (secondary N) is 1. The summed E-state index contributed by atoms with van der Waals surface area (Å²) in [4.78, 5) is 25.8. The van der Waals surface area contributed by atoms with Gasteiger partial charge in [0.05, 0.1) is 11.1 Å². The van der Waals surface area contributed by atoms with Crippen molar-refractivity contribution in [1.82, 2.24) is 5.32 Å². The van der Waals surface area contributed by atoms with Crippen molar-refractivity contribution in [3.63, 3.8) is 0 Å². The van der Waals surface area contributed by atoms with Crippen molar-refractivity contribution >= 4 is 23.3 Å². The highest BCUT2D eigenvalue weighted by atomic mass is 16.2. The highest BCUT2D eigenvalue weighted by Gasteiger charge is 2.45. The lowest BCUT2D eigenvalue weighted by atomic mass is 9.79. The number of carbonyl (C=O) groups excluding carboxylic acids is 2. The number of nitrogens with zero attached hydrogens (tertiary/aromatic N) is 1. The van der Waals surface area contributed by atoms with Crippen LogP contribution in [0.1, 0.15) is 26.7 Å². The third kappa shape index (κ3) is 2.16. The van der Waals surface area contributed by atoms with Crippen LogP contribution in [0.5, 0.6) is 0 Å². The smallest absolute Gasteiger partial charge is 0.328 e. The molecule has 2 rings (SSSR count). The van der Waals surface area contributed by atoms with Gasteiger partial charge in [0.25, 0.3) is 0 Å². The van der Waals surface area contributed by atoms with Crippen LogP contribution in [0.2, 0.25) is 0 Å². The number of hydrogen-bond donors (Lipinski definition) is 2. The first kappa shape index (κ1) is 13.4. The van der Waals surface area contributed by atoms with Crippen molar-refractivity contribution in [2.45, 2.75) is 26.7 Å². The molecule has 1 saturated heterocycles. The third-order valence-corrected chi connectivity index (χ3v) is 3.92. The first-order chi connectivity index (χ1) is 9.04. The number of amides is 3. The summed E-state index contributed by atoms with van der Waals surface area (Å²) in [6.07, 6.45) is 1.39. The maximum Gasteiger partial charge on any atom is 0.328 e. The summed E-state index contributed by atoms with van der Waals surface area (Å²) in [5.74, 6) is -0.146. The van der Waals surface area contributed by atoms with E-state index in [1.54, 1.807) is 24.3 Å². The standard InChI is InChI=1S/C14H19N3O2/c1-3-14(4-2)9-16-13(19)17(12(14)18)11-7-5-6-10(15)8-11/h5-8H,3-4,9,15H2,1-2H3,(H,16,19). The molecule has 1 aliphatic heterocycles. The molecule has 1 heterocycles. The van der Waals surface area contributed by atoms with Crippen LogP contribution in [-0.4, -0.2) is 18.5 Å². The van der Waals surface area contributed by atoms with Gasteiger partial charge in [-0.25, -0.2) is 9.69 Å². The molecule has 0 atom stereocenters. The Balaban J connectivity index is 2.42. The van der Waals surface area contributed by atoms with Gasteiger partial charge in [-0.3, -0.25) is 4.79 Å². The summed E-state index contributed by atoms with van der Waals surface area (Å²) in [6.45, 7) is 4.34. The van der Waals surface area contributed by atoms with Gasteiger partial charge >= 0.3 is 6.03 Å². The molecule has 1 aromatic carbocycles. The van der Waals surface area contributed by atoms with Gasteiger partial charge in [-0.05, 0) is 31.0 Å². The van der Waals surface area contributed by atoms with Crippen LogP contribution in [0.25, 0.3) is 0 Å². The topological polar surface area (TPSA) is 75.4 Å². The zero-order valence-corrected chi connectivity index (χ0v) is 11.3. The number of anilines is 2.